The van der Waals surface area contributed by atoms with Gasteiger partial charge in [-0.1, -0.05) is 13.8 Å². The molecule has 0 unspecified atom stereocenters. The van der Waals surface area contributed by atoms with Gasteiger partial charge in [-0.25, -0.2) is 4.79 Å². The highest BCUT2D eigenvalue weighted by Gasteiger charge is 2.25. The van der Waals surface area contributed by atoms with Crippen LogP contribution in [0.2, 0.25) is 0 Å². The van der Waals surface area contributed by atoms with Gasteiger partial charge in [0.15, 0.2) is 0 Å². The molecule has 0 saturated heterocycles. The third-order valence-electron chi connectivity index (χ3n) is 2.27. The van der Waals surface area contributed by atoms with Crippen LogP contribution in [0.15, 0.2) is 0 Å². The molecule has 0 aliphatic rings. The van der Waals surface area contributed by atoms with E-state index in [4.69, 9.17) is 16.6 Å². The average molecular weight is 245 g/mol. The van der Waals surface area contributed by atoms with E-state index in [9.17, 15) is 14.4 Å². The molecule has 7 heteroatoms. The summed E-state index contributed by atoms with van der Waals surface area (Å²) in [6.45, 7) is 3.35. The van der Waals surface area contributed by atoms with Crippen LogP contribution in [0.4, 0.5) is 0 Å². The third-order valence-corrected chi connectivity index (χ3v) is 2.27. The normalized spacial score (nSPS) is 14.1. The van der Waals surface area contributed by atoms with Gasteiger partial charge >= 0.3 is 5.97 Å². The zero-order chi connectivity index (χ0) is 13.6. The lowest BCUT2D eigenvalue weighted by molar-refractivity contribution is -0.143. The second kappa shape index (κ2) is 6.85. The molecular formula is C10H19N3O4. The number of hydrogen-bond donors (Lipinski definition) is 4. The van der Waals surface area contributed by atoms with Crippen molar-refractivity contribution >= 4 is 17.8 Å². The zero-order valence-electron chi connectivity index (χ0n) is 9.97. The number of nitrogens with two attached hydrogens (primary N) is 2. The molecule has 98 valence electrons. The molecule has 0 aromatic rings. The maximum absolute atomic E-state index is 11.5. The Kier molecular flexibility index (Phi) is 6.19. The lowest BCUT2D eigenvalue weighted by Crippen LogP contribution is -2.50. The average Bonchev–Trinajstić information content (AvgIpc) is 2.20. The SMILES string of the molecule is CC(C)[C@H](NC(=O)[C@@H](N)CCC(N)=O)C(=O)O. The smallest absolute Gasteiger partial charge is 0.326 e. The van der Waals surface area contributed by atoms with Crippen molar-refractivity contribution in [3.8, 4) is 0 Å². The Morgan fingerprint density at radius 3 is 2.18 bits per heavy atom. The molecule has 0 saturated carbocycles. The van der Waals surface area contributed by atoms with Crippen molar-refractivity contribution in [2.75, 3.05) is 0 Å². The van der Waals surface area contributed by atoms with Crippen LogP contribution in [0.1, 0.15) is 26.7 Å². The summed E-state index contributed by atoms with van der Waals surface area (Å²) in [4.78, 5) is 32.9. The largest absolute Gasteiger partial charge is 0.480 e. The monoisotopic (exact) mass is 245 g/mol. The van der Waals surface area contributed by atoms with E-state index >= 15 is 0 Å². The van der Waals surface area contributed by atoms with Crippen molar-refractivity contribution in [1.82, 2.24) is 5.32 Å². The van der Waals surface area contributed by atoms with E-state index in [-0.39, 0.29) is 18.8 Å². The minimum atomic E-state index is -1.12. The fourth-order valence-electron chi connectivity index (χ4n) is 1.20. The van der Waals surface area contributed by atoms with E-state index < -0.39 is 29.9 Å². The molecule has 0 spiro atoms. The standard InChI is InChI=1S/C10H19N3O4/c1-5(2)8(10(16)17)13-9(15)6(11)3-4-7(12)14/h5-6,8H,3-4,11H2,1-2H3,(H2,12,14)(H,13,15)(H,16,17)/t6-,8-/m0/s1. The molecule has 0 aromatic heterocycles. The minimum Gasteiger partial charge on any atom is -0.480 e. The first-order valence-corrected chi connectivity index (χ1v) is 5.32. The van der Waals surface area contributed by atoms with Gasteiger partial charge < -0.3 is 21.9 Å². The molecule has 2 amide bonds. The molecule has 0 heterocycles. The molecule has 0 radical (unpaired) electrons. The molecule has 6 N–H and O–H groups in total. The summed E-state index contributed by atoms with van der Waals surface area (Å²) in [5.41, 5.74) is 10.4. The second-order valence-corrected chi connectivity index (χ2v) is 4.18. The number of hydrogen-bond acceptors (Lipinski definition) is 4. The van der Waals surface area contributed by atoms with Crippen LogP contribution in [-0.2, 0) is 14.4 Å². The molecule has 0 aliphatic heterocycles. The van der Waals surface area contributed by atoms with E-state index in [1.165, 1.54) is 0 Å². The molecule has 0 aromatic carbocycles. The van der Waals surface area contributed by atoms with Gasteiger partial charge in [-0.3, -0.25) is 9.59 Å². The van der Waals surface area contributed by atoms with E-state index in [0.717, 1.165) is 0 Å². The maximum Gasteiger partial charge on any atom is 0.326 e. The van der Waals surface area contributed by atoms with Gasteiger partial charge in [0.1, 0.15) is 6.04 Å². The number of rotatable bonds is 7. The topological polar surface area (TPSA) is 136 Å². The number of carboxylic acids is 1. The van der Waals surface area contributed by atoms with Gasteiger partial charge in [0.25, 0.3) is 0 Å². The van der Waals surface area contributed by atoms with E-state index in [1.807, 2.05) is 0 Å². The summed E-state index contributed by atoms with van der Waals surface area (Å²) in [7, 11) is 0. The molecular weight excluding hydrogens is 226 g/mol. The molecule has 2 atom stereocenters. The Morgan fingerprint density at radius 1 is 1.29 bits per heavy atom. The quantitative estimate of drug-likeness (QED) is 0.447. The van der Waals surface area contributed by atoms with Gasteiger partial charge in [-0.05, 0) is 12.3 Å². The van der Waals surface area contributed by atoms with Gasteiger partial charge in [-0.15, -0.1) is 0 Å². The maximum atomic E-state index is 11.5. The van der Waals surface area contributed by atoms with Crippen molar-refractivity contribution in [2.24, 2.45) is 17.4 Å². The van der Waals surface area contributed by atoms with Crippen LogP contribution in [-0.4, -0.2) is 35.0 Å². The van der Waals surface area contributed by atoms with Crippen LogP contribution >= 0.6 is 0 Å². The molecule has 7 nitrogen and oxygen atoms in total. The number of nitrogens with one attached hydrogen (secondary N) is 1. The summed E-state index contributed by atoms with van der Waals surface area (Å²) in [6.07, 6.45) is 0.0968. The number of carboxylic acid groups (broad SMARTS) is 1. The second-order valence-electron chi connectivity index (χ2n) is 4.18. The fraction of sp³-hybridized carbons (Fsp3) is 0.700. The molecule has 0 bridgehead atoms. The molecule has 0 aliphatic carbocycles. The van der Waals surface area contributed by atoms with E-state index in [1.54, 1.807) is 13.8 Å². The molecule has 0 rings (SSSR count). The van der Waals surface area contributed by atoms with Crippen molar-refractivity contribution in [1.29, 1.82) is 0 Å². The van der Waals surface area contributed by atoms with Crippen molar-refractivity contribution in [3.63, 3.8) is 0 Å². The Labute approximate surface area is 99.5 Å². The van der Waals surface area contributed by atoms with Crippen LogP contribution in [0.3, 0.4) is 0 Å². The summed E-state index contributed by atoms with van der Waals surface area (Å²) < 4.78 is 0. The number of primary amides is 1. The Hall–Kier alpha value is -1.63. The van der Waals surface area contributed by atoms with Crippen LogP contribution < -0.4 is 16.8 Å². The van der Waals surface area contributed by atoms with E-state index in [2.05, 4.69) is 5.32 Å². The summed E-state index contributed by atoms with van der Waals surface area (Å²) in [5.74, 6) is -2.51. The highest BCUT2D eigenvalue weighted by Crippen LogP contribution is 2.03. The predicted octanol–water partition coefficient (Wildman–Crippen LogP) is -1.20. The number of amides is 2. The zero-order valence-corrected chi connectivity index (χ0v) is 9.97. The number of carbonyl (C=O) groups excluding carboxylic acids is 2. The summed E-state index contributed by atoms with van der Waals surface area (Å²) in [6, 6.07) is -1.91. The Balaban J connectivity index is 4.31. The van der Waals surface area contributed by atoms with Gasteiger partial charge in [-0.2, -0.15) is 0 Å². The summed E-state index contributed by atoms with van der Waals surface area (Å²) in [5, 5.41) is 11.2. The van der Waals surface area contributed by atoms with Gasteiger partial charge in [0, 0.05) is 6.42 Å². The minimum absolute atomic E-state index is 0.00595. The lowest BCUT2D eigenvalue weighted by atomic mass is 10.0. The van der Waals surface area contributed by atoms with Gasteiger partial charge in [0.05, 0.1) is 6.04 Å². The Morgan fingerprint density at radius 2 is 1.82 bits per heavy atom. The van der Waals surface area contributed by atoms with Gasteiger partial charge in [0.2, 0.25) is 11.8 Å². The van der Waals surface area contributed by atoms with Crippen molar-refractivity contribution < 1.29 is 19.5 Å². The first-order valence-electron chi connectivity index (χ1n) is 5.32. The highest BCUT2D eigenvalue weighted by molar-refractivity contribution is 5.87. The lowest BCUT2D eigenvalue weighted by Gasteiger charge is -2.20. The van der Waals surface area contributed by atoms with Crippen LogP contribution in [0.25, 0.3) is 0 Å². The summed E-state index contributed by atoms with van der Waals surface area (Å²) >= 11 is 0. The van der Waals surface area contributed by atoms with Crippen molar-refractivity contribution in [2.45, 2.75) is 38.8 Å². The molecule has 0 fully saturated rings. The highest BCUT2D eigenvalue weighted by atomic mass is 16.4. The molecule has 17 heavy (non-hydrogen) atoms. The predicted molar refractivity (Wildman–Crippen MR) is 60.8 cm³/mol. The van der Waals surface area contributed by atoms with Crippen molar-refractivity contribution in [3.05, 3.63) is 0 Å². The Bertz CT molecular complexity index is 304. The number of aliphatic carboxylic acids is 1. The first-order chi connectivity index (χ1) is 7.75. The third kappa shape index (κ3) is 5.86. The number of carbonyl (C=O) groups is 3. The van der Waals surface area contributed by atoms with Crippen LogP contribution in [0.5, 0.6) is 0 Å². The first kappa shape index (κ1) is 15.4. The van der Waals surface area contributed by atoms with E-state index in [0.29, 0.717) is 0 Å². The fourth-order valence-corrected chi connectivity index (χ4v) is 1.20. The van der Waals surface area contributed by atoms with Crippen LogP contribution in [0, 0.1) is 5.92 Å².